The third-order valence-electron chi connectivity index (χ3n) is 1.69. The van der Waals surface area contributed by atoms with Crippen molar-refractivity contribution in [2.45, 2.75) is 0 Å². The van der Waals surface area contributed by atoms with E-state index in [9.17, 15) is 0 Å². The zero-order valence-electron chi connectivity index (χ0n) is 7.29. The average Bonchev–Trinajstić information content (AvgIpc) is 2.63. The van der Waals surface area contributed by atoms with Gasteiger partial charge in [-0.3, -0.25) is 4.98 Å². The van der Waals surface area contributed by atoms with Crippen molar-refractivity contribution in [3.63, 3.8) is 0 Å². The Morgan fingerprint density at radius 3 is 2.86 bits per heavy atom. The summed E-state index contributed by atoms with van der Waals surface area (Å²) in [7, 11) is 0. The maximum absolute atomic E-state index is 5.86. The van der Waals surface area contributed by atoms with Crippen molar-refractivity contribution in [3.05, 3.63) is 53.1 Å². The molecule has 14 heavy (non-hydrogen) atoms. The molecule has 68 valence electrons. The van der Waals surface area contributed by atoms with Crippen molar-refractivity contribution in [2.75, 3.05) is 0 Å². The van der Waals surface area contributed by atoms with Gasteiger partial charge in [0, 0.05) is 24.2 Å². The van der Waals surface area contributed by atoms with E-state index < -0.39 is 0 Å². The molecule has 0 fully saturated rings. The fraction of sp³-hybridized carbons (Fsp3) is 0. The van der Waals surface area contributed by atoms with Gasteiger partial charge in [-0.1, -0.05) is 17.5 Å². The first-order valence-electron chi connectivity index (χ1n) is 4.11. The molecule has 3 heteroatoms. The molecule has 0 aliphatic carbocycles. The molecule has 2 nitrogen and oxygen atoms in total. The number of aromatic amines is 1. The van der Waals surface area contributed by atoms with Gasteiger partial charge < -0.3 is 4.98 Å². The Hall–Kier alpha value is -1.72. The first kappa shape index (κ1) is 8.86. The molecule has 1 N–H and O–H groups in total. The molecule has 0 saturated carbocycles. The summed E-state index contributed by atoms with van der Waals surface area (Å²) in [5.41, 5.74) is 1.61. The van der Waals surface area contributed by atoms with Crippen LogP contribution in [-0.2, 0) is 0 Å². The Labute approximate surface area is 86.9 Å². The second kappa shape index (κ2) is 3.99. The monoisotopic (exact) mass is 202 g/mol. The van der Waals surface area contributed by atoms with Crippen LogP contribution in [-0.4, -0.2) is 9.97 Å². The summed E-state index contributed by atoms with van der Waals surface area (Å²) < 4.78 is 0. The SMILES string of the molecule is Clc1cc[nH]c1C#Cc1cccnc1. The fourth-order valence-corrected chi connectivity index (χ4v) is 1.18. The van der Waals surface area contributed by atoms with Crippen molar-refractivity contribution < 1.29 is 0 Å². The Balaban J connectivity index is 2.28. The van der Waals surface area contributed by atoms with Gasteiger partial charge in [-0.05, 0) is 24.1 Å². The van der Waals surface area contributed by atoms with E-state index in [1.165, 1.54) is 0 Å². The van der Waals surface area contributed by atoms with E-state index in [1.807, 2.05) is 12.1 Å². The number of halogens is 1. The number of rotatable bonds is 0. The number of aromatic nitrogens is 2. The van der Waals surface area contributed by atoms with Gasteiger partial charge in [0.1, 0.15) is 5.69 Å². The lowest BCUT2D eigenvalue weighted by atomic mass is 10.3. The predicted molar refractivity (Wildman–Crippen MR) is 56.0 cm³/mol. The van der Waals surface area contributed by atoms with Gasteiger partial charge in [0.15, 0.2) is 0 Å². The Morgan fingerprint density at radius 1 is 1.29 bits per heavy atom. The molecule has 0 aliphatic rings. The van der Waals surface area contributed by atoms with Crippen molar-refractivity contribution in [3.8, 4) is 11.8 Å². The summed E-state index contributed by atoms with van der Waals surface area (Å²) in [6, 6.07) is 5.52. The number of pyridine rings is 1. The van der Waals surface area contributed by atoms with Crippen LogP contribution in [0.25, 0.3) is 0 Å². The lowest BCUT2D eigenvalue weighted by Gasteiger charge is -1.86. The highest BCUT2D eigenvalue weighted by Crippen LogP contribution is 2.11. The number of nitrogens with one attached hydrogen (secondary N) is 1. The summed E-state index contributed by atoms with van der Waals surface area (Å²) in [5.74, 6) is 5.89. The highest BCUT2D eigenvalue weighted by molar-refractivity contribution is 6.31. The second-order valence-electron chi connectivity index (χ2n) is 2.69. The number of nitrogens with zero attached hydrogens (tertiary/aromatic N) is 1. The molecule has 0 radical (unpaired) electrons. The van der Waals surface area contributed by atoms with Crippen LogP contribution in [0.3, 0.4) is 0 Å². The number of hydrogen-bond acceptors (Lipinski definition) is 1. The molecular formula is C11H7ClN2. The maximum atomic E-state index is 5.86. The first-order valence-corrected chi connectivity index (χ1v) is 4.49. The lowest BCUT2D eigenvalue weighted by molar-refractivity contribution is 1.31. The first-order chi connectivity index (χ1) is 6.86. The molecule has 0 aromatic carbocycles. The van der Waals surface area contributed by atoms with Gasteiger partial charge in [0.05, 0.1) is 5.02 Å². The quantitative estimate of drug-likeness (QED) is 0.654. The Kier molecular flexibility index (Phi) is 2.53. The van der Waals surface area contributed by atoms with E-state index >= 15 is 0 Å². The van der Waals surface area contributed by atoms with E-state index in [-0.39, 0.29) is 0 Å². The molecule has 0 bridgehead atoms. The molecule has 2 aromatic heterocycles. The zero-order valence-corrected chi connectivity index (χ0v) is 8.05. The molecule has 2 aromatic rings. The summed E-state index contributed by atoms with van der Waals surface area (Å²) in [6.07, 6.45) is 5.19. The Bertz CT molecular complexity index is 477. The molecule has 0 spiro atoms. The molecule has 2 heterocycles. The van der Waals surface area contributed by atoms with Crippen LogP contribution in [0.5, 0.6) is 0 Å². The second-order valence-corrected chi connectivity index (χ2v) is 3.10. The van der Waals surface area contributed by atoms with Crippen molar-refractivity contribution >= 4 is 11.6 Å². The van der Waals surface area contributed by atoms with Crippen LogP contribution in [0, 0.1) is 11.8 Å². The summed E-state index contributed by atoms with van der Waals surface area (Å²) in [5, 5.41) is 0.640. The molecule has 0 saturated heterocycles. The van der Waals surface area contributed by atoms with Gasteiger partial charge in [-0.25, -0.2) is 0 Å². The zero-order chi connectivity index (χ0) is 9.80. The maximum Gasteiger partial charge on any atom is 0.109 e. The molecule has 0 aliphatic heterocycles. The van der Waals surface area contributed by atoms with E-state index in [0.29, 0.717) is 5.02 Å². The highest BCUT2D eigenvalue weighted by Gasteiger charge is 1.94. The van der Waals surface area contributed by atoms with Crippen LogP contribution in [0.2, 0.25) is 5.02 Å². The standard InChI is InChI=1S/C11H7ClN2/c12-10-5-7-14-11(10)4-3-9-2-1-6-13-8-9/h1-2,5-8,14H. The fourth-order valence-electron chi connectivity index (χ4n) is 1.02. The molecule has 0 amide bonds. The van der Waals surface area contributed by atoms with Gasteiger partial charge >= 0.3 is 0 Å². The van der Waals surface area contributed by atoms with Crippen molar-refractivity contribution in [1.29, 1.82) is 0 Å². The largest absolute Gasteiger partial charge is 0.354 e. The van der Waals surface area contributed by atoms with E-state index in [0.717, 1.165) is 11.3 Å². The summed E-state index contributed by atoms with van der Waals surface area (Å²) in [6.45, 7) is 0. The van der Waals surface area contributed by atoms with Crippen LogP contribution in [0.15, 0.2) is 36.8 Å². The minimum absolute atomic E-state index is 0.640. The average molecular weight is 203 g/mol. The molecular weight excluding hydrogens is 196 g/mol. The Morgan fingerprint density at radius 2 is 2.21 bits per heavy atom. The smallest absolute Gasteiger partial charge is 0.109 e. The predicted octanol–water partition coefficient (Wildman–Crippen LogP) is 2.46. The lowest BCUT2D eigenvalue weighted by Crippen LogP contribution is -1.77. The summed E-state index contributed by atoms with van der Waals surface area (Å²) >= 11 is 5.86. The third kappa shape index (κ3) is 1.95. The van der Waals surface area contributed by atoms with Crippen LogP contribution in [0.4, 0.5) is 0 Å². The molecule has 0 unspecified atom stereocenters. The van der Waals surface area contributed by atoms with Crippen molar-refractivity contribution in [1.82, 2.24) is 9.97 Å². The summed E-state index contributed by atoms with van der Waals surface area (Å²) in [4.78, 5) is 6.91. The topological polar surface area (TPSA) is 28.7 Å². The minimum atomic E-state index is 0.640. The normalized spacial score (nSPS) is 9.21. The molecule has 0 atom stereocenters. The van der Waals surface area contributed by atoms with Gasteiger partial charge in [-0.15, -0.1) is 0 Å². The van der Waals surface area contributed by atoms with Gasteiger partial charge in [-0.2, -0.15) is 0 Å². The molecule has 2 rings (SSSR count). The van der Waals surface area contributed by atoms with Gasteiger partial charge in [0.25, 0.3) is 0 Å². The number of H-pyrrole nitrogens is 1. The van der Waals surface area contributed by atoms with Crippen LogP contribution in [0.1, 0.15) is 11.3 Å². The van der Waals surface area contributed by atoms with Crippen molar-refractivity contribution in [2.24, 2.45) is 0 Å². The van der Waals surface area contributed by atoms with E-state index in [2.05, 4.69) is 21.8 Å². The van der Waals surface area contributed by atoms with Crippen LogP contribution >= 0.6 is 11.6 Å². The van der Waals surface area contributed by atoms with Gasteiger partial charge in [0.2, 0.25) is 0 Å². The third-order valence-corrected chi connectivity index (χ3v) is 2.00. The van der Waals surface area contributed by atoms with Crippen LogP contribution < -0.4 is 0 Å². The van der Waals surface area contributed by atoms with E-state index in [1.54, 1.807) is 24.7 Å². The number of hydrogen-bond donors (Lipinski definition) is 1. The highest BCUT2D eigenvalue weighted by atomic mass is 35.5. The minimum Gasteiger partial charge on any atom is -0.354 e. The van der Waals surface area contributed by atoms with E-state index in [4.69, 9.17) is 11.6 Å².